The number of rotatable bonds is 4. The van der Waals surface area contributed by atoms with Crippen LogP contribution in [0.25, 0.3) is 0 Å². The fourth-order valence-corrected chi connectivity index (χ4v) is 3.19. The van der Waals surface area contributed by atoms with Crippen molar-refractivity contribution in [2.24, 2.45) is 0 Å². The summed E-state index contributed by atoms with van der Waals surface area (Å²) in [5.74, 6) is 0.167. The topological polar surface area (TPSA) is 17.1 Å². The number of halogens is 1. The first-order valence-corrected chi connectivity index (χ1v) is 7.35. The molecule has 0 aliphatic rings. The minimum atomic E-state index is -0.0818. The van der Waals surface area contributed by atoms with Gasteiger partial charge in [-0.25, -0.2) is 0 Å². The fourth-order valence-electron chi connectivity index (χ4n) is 1.64. The zero-order valence-electron chi connectivity index (χ0n) is 9.97. The van der Waals surface area contributed by atoms with Crippen LogP contribution in [0.3, 0.4) is 0 Å². The predicted octanol–water partition coefficient (Wildman–Crippen LogP) is 4.81. The van der Waals surface area contributed by atoms with Crippen LogP contribution in [0, 0.1) is 0 Å². The Morgan fingerprint density at radius 2 is 1.83 bits per heavy atom. The molecule has 1 atom stereocenters. The minimum absolute atomic E-state index is 0.0818. The van der Waals surface area contributed by atoms with Crippen molar-refractivity contribution in [3.8, 4) is 0 Å². The molecule has 0 amide bonds. The van der Waals surface area contributed by atoms with Crippen molar-refractivity contribution in [1.29, 1.82) is 0 Å². The summed E-state index contributed by atoms with van der Waals surface area (Å²) in [5.41, 5.74) is 0.771. The number of carbonyl (C=O) groups excluding carboxylic acids is 1. The molecule has 0 saturated heterocycles. The molecule has 0 aliphatic heterocycles. The van der Waals surface area contributed by atoms with Crippen molar-refractivity contribution in [2.45, 2.75) is 17.1 Å². The van der Waals surface area contributed by atoms with Gasteiger partial charge in [0.25, 0.3) is 0 Å². The zero-order valence-corrected chi connectivity index (χ0v) is 12.4. The fraction of sp³-hybridized carbons (Fsp3) is 0.133. The maximum absolute atomic E-state index is 12.2. The predicted molar refractivity (Wildman–Crippen MR) is 80.2 cm³/mol. The van der Waals surface area contributed by atoms with Gasteiger partial charge >= 0.3 is 0 Å². The van der Waals surface area contributed by atoms with Crippen molar-refractivity contribution in [3.63, 3.8) is 0 Å². The number of ketones is 1. The van der Waals surface area contributed by atoms with Gasteiger partial charge in [-0.2, -0.15) is 0 Å². The van der Waals surface area contributed by atoms with E-state index < -0.39 is 0 Å². The summed E-state index contributed by atoms with van der Waals surface area (Å²) < 4.78 is 1.03. The lowest BCUT2D eigenvalue weighted by Gasteiger charge is -2.10. The molecule has 0 aromatic heterocycles. The average Bonchev–Trinajstić information content (AvgIpc) is 2.39. The first-order valence-electron chi connectivity index (χ1n) is 5.68. The Balaban J connectivity index is 2.09. The quantitative estimate of drug-likeness (QED) is 0.594. The average molecular weight is 321 g/mol. The van der Waals surface area contributed by atoms with E-state index in [1.165, 1.54) is 0 Å². The number of Topliss-reactive ketones (excluding diaryl/α,β-unsaturated/α-hetero) is 1. The second kappa shape index (κ2) is 6.21. The molecule has 0 fully saturated rings. The maximum Gasteiger partial charge on any atom is 0.175 e. The van der Waals surface area contributed by atoms with Crippen molar-refractivity contribution in [2.75, 3.05) is 0 Å². The molecule has 0 bridgehead atoms. The molecule has 2 aromatic rings. The number of hydrogen-bond acceptors (Lipinski definition) is 2. The maximum atomic E-state index is 12.2. The van der Waals surface area contributed by atoms with Crippen molar-refractivity contribution in [1.82, 2.24) is 0 Å². The molecule has 2 aromatic carbocycles. The van der Waals surface area contributed by atoms with E-state index in [1.807, 2.05) is 61.5 Å². The Labute approximate surface area is 120 Å². The molecule has 0 heterocycles. The number of benzene rings is 2. The Hall–Kier alpha value is -1.06. The third-order valence-corrected chi connectivity index (χ3v) is 4.12. The van der Waals surface area contributed by atoms with Gasteiger partial charge in [-0.1, -0.05) is 52.3 Å². The van der Waals surface area contributed by atoms with Gasteiger partial charge < -0.3 is 0 Å². The molecule has 18 heavy (non-hydrogen) atoms. The molecule has 0 radical (unpaired) electrons. The number of hydrogen-bond donors (Lipinski definition) is 0. The van der Waals surface area contributed by atoms with Crippen LogP contribution in [0.15, 0.2) is 64.0 Å². The monoisotopic (exact) mass is 320 g/mol. The van der Waals surface area contributed by atoms with Crippen molar-refractivity contribution in [3.05, 3.63) is 64.6 Å². The van der Waals surface area contributed by atoms with E-state index in [4.69, 9.17) is 0 Å². The van der Waals surface area contributed by atoms with Gasteiger partial charge in [0.05, 0.1) is 5.25 Å². The second-order valence-corrected chi connectivity index (χ2v) is 6.28. The third-order valence-electron chi connectivity index (χ3n) is 2.54. The van der Waals surface area contributed by atoms with Crippen molar-refractivity contribution < 1.29 is 4.79 Å². The van der Waals surface area contributed by atoms with Crippen LogP contribution in [0.4, 0.5) is 0 Å². The molecule has 1 nitrogen and oxygen atoms in total. The highest BCUT2D eigenvalue weighted by molar-refractivity contribution is 9.10. The molecule has 0 spiro atoms. The first kappa shape index (κ1) is 13.4. The van der Waals surface area contributed by atoms with E-state index in [0.29, 0.717) is 0 Å². The molecule has 0 aliphatic carbocycles. The highest BCUT2D eigenvalue weighted by Crippen LogP contribution is 2.27. The summed E-state index contributed by atoms with van der Waals surface area (Å²) in [6, 6.07) is 17.4. The zero-order chi connectivity index (χ0) is 13.0. The van der Waals surface area contributed by atoms with Gasteiger partial charge in [0.2, 0.25) is 0 Å². The Morgan fingerprint density at radius 3 is 2.50 bits per heavy atom. The van der Waals surface area contributed by atoms with Crippen LogP contribution >= 0.6 is 27.7 Å². The van der Waals surface area contributed by atoms with E-state index in [-0.39, 0.29) is 11.0 Å². The van der Waals surface area contributed by atoms with Gasteiger partial charge in [0, 0.05) is 14.9 Å². The highest BCUT2D eigenvalue weighted by atomic mass is 79.9. The summed E-state index contributed by atoms with van der Waals surface area (Å²) in [6.07, 6.45) is 0. The molecule has 1 unspecified atom stereocenters. The van der Waals surface area contributed by atoms with Crippen LogP contribution in [0.2, 0.25) is 0 Å². The van der Waals surface area contributed by atoms with E-state index in [2.05, 4.69) is 15.9 Å². The lowest BCUT2D eigenvalue weighted by atomic mass is 10.1. The molecule has 0 saturated carbocycles. The normalized spacial score (nSPS) is 12.1. The lowest BCUT2D eigenvalue weighted by Crippen LogP contribution is -2.13. The first-order chi connectivity index (χ1) is 8.66. The van der Waals surface area contributed by atoms with E-state index in [9.17, 15) is 4.79 Å². The molecule has 3 heteroatoms. The SMILES string of the molecule is CC(Sc1cccc(Br)c1)C(=O)c1ccccc1. The third kappa shape index (κ3) is 3.47. The number of carbonyl (C=O) groups is 1. The summed E-state index contributed by atoms with van der Waals surface area (Å²) in [5, 5.41) is -0.0818. The molecule has 2 rings (SSSR count). The van der Waals surface area contributed by atoms with Gasteiger partial charge in [0.15, 0.2) is 5.78 Å². The minimum Gasteiger partial charge on any atom is -0.293 e. The lowest BCUT2D eigenvalue weighted by molar-refractivity contribution is 0.0994. The van der Waals surface area contributed by atoms with Gasteiger partial charge in [-0.3, -0.25) is 4.79 Å². The van der Waals surface area contributed by atoms with Gasteiger partial charge in [0.1, 0.15) is 0 Å². The Bertz CT molecular complexity index is 539. The molecular formula is C15H13BrOS. The summed E-state index contributed by atoms with van der Waals surface area (Å²) in [6.45, 7) is 1.95. The van der Waals surface area contributed by atoms with Crippen LogP contribution in [-0.2, 0) is 0 Å². The van der Waals surface area contributed by atoms with E-state index >= 15 is 0 Å². The summed E-state index contributed by atoms with van der Waals surface area (Å²) in [4.78, 5) is 13.3. The van der Waals surface area contributed by atoms with Gasteiger partial charge in [-0.15, -0.1) is 11.8 Å². The largest absolute Gasteiger partial charge is 0.293 e. The summed E-state index contributed by atoms with van der Waals surface area (Å²) in [7, 11) is 0. The molecule has 0 N–H and O–H groups in total. The van der Waals surface area contributed by atoms with Crippen LogP contribution < -0.4 is 0 Å². The van der Waals surface area contributed by atoms with Crippen LogP contribution in [0.5, 0.6) is 0 Å². The molecule has 92 valence electrons. The Morgan fingerprint density at radius 1 is 1.11 bits per heavy atom. The smallest absolute Gasteiger partial charge is 0.175 e. The number of thioether (sulfide) groups is 1. The van der Waals surface area contributed by atoms with E-state index in [0.717, 1.165) is 14.9 Å². The van der Waals surface area contributed by atoms with Gasteiger partial charge in [-0.05, 0) is 25.1 Å². The standard InChI is InChI=1S/C15H13BrOS/c1-11(15(17)12-6-3-2-4-7-12)18-14-9-5-8-13(16)10-14/h2-11H,1H3. The second-order valence-electron chi connectivity index (χ2n) is 3.95. The Kier molecular flexibility index (Phi) is 4.61. The molecular weight excluding hydrogens is 308 g/mol. The van der Waals surface area contributed by atoms with Crippen LogP contribution in [-0.4, -0.2) is 11.0 Å². The van der Waals surface area contributed by atoms with E-state index in [1.54, 1.807) is 11.8 Å². The van der Waals surface area contributed by atoms with Crippen LogP contribution in [0.1, 0.15) is 17.3 Å². The summed E-state index contributed by atoms with van der Waals surface area (Å²) >= 11 is 5.02. The highest BCUT2D eigenvalue weighted by Gasteiger charge is 2.15. The van der Waals surface area contributed by atoms with Crippen molar-refractivity contribution >= 4 is 33.5 Å².